The summed E-state index contributed by atoms with van der Waals surface area (Å²) in [5.41, 5.74) is 0.581. The average Bonchev–Trinajstić information content (AvgIpc) is 3.40. The van der Waals surface area contributed by atoms with Gasteiger partial charge in [-0.05, 0) is 38.1 Å². The third-order valence-corrected chi connectivity index (χ3v) is 6.80. The molecule has 1 atom stereocenters. The van der Waals surface area contributed by atoms with E-state index in [0.717, 1.165) is 17.1 Å². The molecule has 0 spiro atoms. The van der Waals surface area contributed by atoms with Gasteiger partial charge in [0.15, 0.2) is 22.2 Å². The Kier molecular flexibility index (Phi) is 8.88. The second kappa shape index (κ2) is 11.8. The maximum atomic E-state index is 12.5. The number of nitrogens with zero attached hydrogens (tertiary/aromatic N) is 5. The Hall–Kier alpha value is -3.38. The molecule has 10 nitrogen and oxygen atoms in total. The third-order valence-electron chi connectivity index (χ3n) is 4.77. The lowest BCUT2D eigenvalue weighted by atomic mass is 10.3. The van der Waals surface area contributed by atoms with Crippen LogP contribution in [0.4, 0.5) is 5.13 Å². The number of aryl methyl sites for hydroxylation is 1. The molecule has 12 heteroatoms. The van der Waals surface area contributed by atoms with E-state index >= 15 is 0 Å². The molecule has 1 N–H and O–H groups in total. The number of amides is 2. The molecule has 3 aromatic rings. The zero-order chi connectivity index (χ0) is 25.5. The van der Waals surface area contributed by atoms with Gasteiger partial charge in [0.25, 0.3) is 5.91 Å². The van der Waals surface area contributed by atoms with Crippen LogP contribution in [0.2, 0.25) is 0 Å². The summed E-state index contributed by atoms with van der Waals surface area (Å²) in [6.45, 7) is 7.90. The number of hydrogen-bond donors (Lipinski definition) is 1. The van der Waals surface area contributed by atoms with Crippen molar-refractivity contribution in [1.29, 1.82) is 0 Å². The van der Waals surface area contributed by atoms with Crippen molar-refractivity contribution in [1.82, 2.24) is 24.6 Å². The van der Waals surface area contributed by atoms with Crippen LogP contribution in [-0.4, -0.2) is 63.4 Å². The van der Waals surface area contributed by atoms with Gasteiger partial charge in [0.1, 0.15) is 16.4 Å². The summed E-state index contributed by atoms with van der Waals surface area (Å²) in [6, 6.07) is 7.28. The molecule has 186 valence electrons. The van der Waals surface area contributed by atoms with Crippen molar-refractivity contribution >= 4 is 40.0 Å². The minimum absolute atomic E-state index is 0.0958. The summed E-state index contributed by atoms with van der Waals surface area (Å²) in [6.07, 6.45) is 1.35. The third kappa shape index (κ3) is 6.61. The highest BCUT2D eigenvalue weighted by Crippen LogP contribution is 2.27. The van der Waals surface area contributed by atoms with Crippen molar-refractivity contribution in [3.63, 3.8) is 0 Å². The molecule has 2 heterocycles. The monoisotopic (exact) mass is 516 g/mol. The van der Waals surface area contributed by atoms with Crippen LogP contribution in [0, 0.1) is 6.92 Å². The molecule has 0 radical (unpaired) electrons. The number of hydrogen-bond acceptors (Lipinski definition) is 9. The van der Waals surface area contributed by atoms with Gasteiger partial charge in [-0.2, -0.15) is 0 Å². The summed E-state index contributed by atoms with van der Waals surface area (Å²) in [5, 5.41) is 12.2. The number of ether oxygens (including phenoxy) is 2. The molecule has 0 aliphatic rings. The second-order valence-electron chi connectivity index (χ2n) is 7.65. The van der Waals surface area contributed by atoms with E-state index in [1.54, 1.807) is 34.2 Å². The molecule has 2 amide bonds. The number of benzene rings is 1. The normalized spacial score (nSPS) is 11.6. The highest BCUT2D eigenvalue weighted by Gasteiger charge is 2.21. The standard InChI is InChI=1S/C23H28N6O4S2/c1-7-12-29-20(15(3)33-17-10-8-16(32-6)9-11-17)26-27-23(29)34-13-18(30)25-22-24-14(2)19(35-22)21(31)28(4)5/h7-11,15H,1,12-13H2,2-6H3,(H,24,25,30). The smallest absolute Gasteiger partial charge is 0.265 e. The van der Waals surface area contributed by atoms with Crippen LogP contribution in [0.25, 0.3) is 0 Å². The van der Waals surface area contributed by atoms with Gasteiger partial charge in [0.2, 0.25) is 5.91 Å². The van der Waals surface area contributed by atoms with E-state index < -0.39 is 0 Å². The molecule has 35 heavy (non-hydrogen) atoms. The maximum absolute atomic E-state index is 12.5. The minimum Gasteiger partial charge on any atom is -0.497 e. The number of thioether (sulfide) groups is 1. The molecule has 0 fully saturated rings. The number of carbonyl (C=O) groups excluding carboxylic acids is 2. The number of thiazole rings is 1. The summed E-state index contributed by atoms with van der Waals surface area (Å²) in [5.74, 6) is 1.72. The number of allylic oxidation sites excluding steroid dienone is 1. The lowest BCUT2D eigenvalue weighted by molar-refractivity contribution is -0.113. The maximum Gasteiger partial charge on any atom is 0.265 e. The lowest BCUT2D eigenvalue weighted by Crippen LogP contribution is -2.21. The molecule has 1 unspecified atom stereocenters. The van der Waals surface area contributed by atoms with E-state index in [0.29, 0.717) is 39.0 Å². The van der Waals surface area contributed by atoms with E-state index in [2.05, 4.69) is 27.1 Å². The number of methoxy groups -OCH3 is 1. The second-order valence-corrected chi connectivity index (χ2v) is 9.59. The topological polar surface area (TPSA) is 111 Å². The quantitative estimate of drug-likeness (QED) is 0.303. The Morgan fingerprint density at radius 1 is 1.26 bits per heavy atom. The number of nitrogens with one attached hydrogen (secondary N) is 1. The Morgan fingerprint density at radius 3 is 2.57 bits per heavy atom. The molecule has 3 rings (SSSR count). The zero-order valence-corrected chi connectivity index (χ0v) is 21.9. The first kappa shape index (κ1) is 26.2. The first-order valence-corrected chi connectivity index (χ1v) is 12.5. The Bertz CT molecular complexity index is 1190. The molecule has 0 bridgehead atoms. The SMILES string of the molecule is C=CCn1c(SCC(=O)Nc2nc(C)c(C(=O)N(C)C)s2)nnc1C(C)Oc1ccc(OC)cc1. The molecular weight excluding hydrogens is 488 g/mol. The summed E-state index contributed by atoms with van der Waals surface area (Å²) in [7, 11) is 4.96. The number of anilines is 1. The van der Waals surface area contributed by atoms with Gasteiger partial charge in [-0.1, -0.05) is 29.2 Å². The van der Waals surface area contributed by atoms with Crippen molar-refractivity contribution in [2.75, 3.05) is 32.3 Å². The lowest BCUT2D eigenvalue weighted by Gasteiger charge is -2.16. The first-order chi connectivity index (χ1) is 16.7. The summed E-state index contributed by atoms with van der Waals surface area (Å²) in [4.78, 5) is 31.0. The fourth-order valence-corrected chi connectivity index (χ4v) is 4.82. The fraction of sp³-hybridized carbons (Fsp3) is 0.348. The largest absolute Gasteiger partial charge is 0.497 e. The molecule has 0 aliphatic heterocycles. The Labute approximate surface area is 212 Å². The van der Waals surface area contributed by atoms with Crippen LogP contribution in [0.15, 0.2) is 42.1 Å². The van der Waals surface area contributed by atoms with Crippen LogP contribution in [-0.2, 0) is 11.3 Å². The van der Waals surface area contributed by atoms with E-state index in [4.69, 9.17) is 9.47 Å². The predicted octanol–water partition coefficient (Wildman–Crippen LogP) is 3.81. The van der Waals surface area contributed by atoms with Crippen LogP contribution in [0.5, 0.6) is 11.5 Å². The van der Waals surface area contributed by atoms with Crippen molar-refractivity contribution in [2.45, 2.75) is 31.7 Å². The number of rotatable bonds is 11. The first-order valence-electron chi connectivity index (χ1n) is 10.7. The molecule has 2 aromatic heterocycles. The fourth-order valence-electron chi connectivity index (χ4n) is 3.06. The number of carbonyl (C=O) groups is 2. The van der Waals surface area contributed by atoms with Crippen molar-refractivity contribution < 1.29 is 19.1 Å². The van der Waals surface area contributed by atoms with Crippen LogP contribution >= 0.6 is 23.1 Å². The highest BCUT2D eigenvalue weighted by molar-refractivity contribution is 7.99. The van der Waals surface area contributed by atoms with Crippen molar-refractivity contribution in [3.8, 4) is 11.5 Å². The van der Waals surface area contributed by atoms with Gasteiger partial charge in [-0.3, -0.25) is 14.2 Å². The van der Waals surface area contributed by atoms with Crippen molar-refractivity contribution in [3.05, 3.63) is 53.3 Å². The summed E-state index contributed by atoms with van der Waals surface area (Å²) >= 11 is 2.40. The van der Waals surface area contributed by atoms with Gasteiger partial charge >= 0.3 is 0 Å². The minimum atomic E-state index is -0.384. The van der Waals surface area contributed by atoms with Crippen molar-refractivity contribution in [2.24, 2.45) is 0 Å². The highest BCUT2D eigenvalue weighted by atomic mass is 32.2. The molecular formula is C23H28N6O4S2. The molecule has 0 saturated heterocycles. The molecule has 0 aliphatic carbocycles. The van der Waals surface area contributed by atoms with Gasteiger partial charge in [0, 0.05) is 20.6 Å². The van der Waals surface area contributed by atoms with Gasteiger partial charge in [-0.25, -0.2) is 4.98 Å². The van der Waals surface area contributed by atoms with E-state index in [9.17, 15) is 9.59 Å². The summed E-state index contributed by atoms with van der Waals surface area (Å²) < 4.78 is 13.1. The van der Waals surface area contributed by atoms with Gasteiger partial charge in [0.05, 0.1) is 18.6 Å². The van der Waals surface area contributed by atoms with Crippen LogP contribution < -0.4 is 14.8 Å². The van der Waals surface area contributed by atoms with Crippen LogP contribution in [0.3, 0.4) is 0 Å². The molecule has 1 aromatic carbocycles. The molecule has 0 saturated carbocycles. The van der Waals surface area contributed by atoms with E-state index in [1.807, 2.05) is 35.8 Å². The number of aromatic nitrogens is 4. The predicted molar refractivity (Wildman–Crippen MR) is 136 cm³/mol. The van der Waals surface area contributed by atoms with Gasteiger partial charge in [-0.15, -0.1) is 16.8 Å². The van der Waals surface area contributed by atoms with Crippen LogP contribution in [0.1, 0.15) is 34.2 Å². The Balaban J connectivity index is 1.65. The van der Waals surface area contributed by atoms with Gasteiger partial charge < -0.3 is 19.7 Å². The van der Waals surface area contributed by atoms with E-state index in [-0.39, 0.29) is 23.7 Å². The van der Waals surface area contributed by atoms with E-state index in [1.165, 1.54) is 16.7 Å². The average molecular weight is 517 g/mol. The Morgan fingerprint density at radius 2 is 1.94 bits per heavy atom. The zero-order valence-electron chi connectivity index (χ0n) is 20.3.